The van der Waals surface area contributed by atoms with Crippen LogP contribution in [0.1, 0.15) is 46.1 Å². The van der Waals surface area contributed by atoms with E-state index in [-0.39, 0.29) is 42.0 Å². The zero-order chi connectivity index (χ0) is 26.3. The fraction of sp³-hybridized carbons (Fsp3) is 0.296. The predicted molar refractivity (Wildman–Crippen MR) is 134 cm³/mol. The first-order chi connectivity index (χ1) is 18.3. The molecule has 38 heavy (non-hydrogen) atoms. The molecular weight excluding hydrogens is 514 g/mol. The van der Waals surface area contributed by atoms with Crippen molar-refractivity contribution >= 4 is 23.6 Å². The van der Waals surface area contributed by atoms with Crippen molar-refractivity contribution in [2.45, 2.75) is 41.7 Å². The summed E-state index contributed by atoms with van der Waals surface area (Å²) in [7, 11) is 0. The molecule has 2 amide bonds. The summed E-state index contributed by atoms with van der Waals surface area (Å²) in [6.45, 7) is 0.439. The maximum absolute atomic E-state index is 15.3. The Labute approximate surface area is 220 Å². The molecule has 11 heteroatoms. The topological polar surface area (TPSA) is 86.1 Å². The summed E-state index contributed by atoms with van der Waals surface area (Å²) >= 11 is 1.39. The van der Waals surface area contributed by atoms with Gasteiger partial charge in [-0.25, -0.2) is 8.78 Å². The Balaban J connectivity index is 1.52. The lowest BCUT2D eigenvalue weighted by Crippen LogP contribution is -2.70. The minimum Gasteiger partial charge on any atom is -0.502 e. The van der Waals surface area contributed by atoms with Crippen LogP contribution in [0.15, 0.2) is 58.4 Å². The van der Waals surface area contributed by atoms with Crippen molar-refractivity contribution < 1.29 is 23.5 Å². The molecule has 0 bridgehead atoms. The lowest BCUT2D eigenvalue weighted by molar-refractivity contribution is -0.132. The maximum atomic E-state index is 15.3. The number of amides is 2. The van der Waals surface area contributed by atoms with Crippen molar-refractivity contribution in [2.75, 3.05) is 18.1 Å². The molecule has 7 rings (SSSR count). The lowest BCUT2D eigenvalue weighted by atomic mass is 9.92. The van der Waals surface area contributed by atoms with E-state index >= 15 is 4.39 Å². The molecule has 8 nitrogen and oxygen atoms in total. The molecule has 3 aromatic rings. The summed E-state index contributed by atoms with van der Waals surface area (Å²) in [6, 6.07) is 10.5. The van der Waals surface area contributed by atoms with Gasteiger partial charge < -0.3 is 14.9 Å². The normalized spacial score (nSPS) is 23.8. The molecule has 0 radical (unpaired) electrons. The molecule has 0 aliphatic carbocycles. The number of nitrogens with zero attached hydrogens (tertiary/aromatic N) is 4. The number of piperazine rings is 1. The van der Waals surface area contributed by atoms with Crippen molar-refractivity contribution in [3.63, 3.8) is 0 Å². The first kappa shape index (κ1) is 23.3. The maximum Gasteiger partial charge on any atom is 0.278 e. The van der Waals surface area contributed by atoms with Gasteiger partial charge in [-0.15, -0.1) is 11.8 Å². The van der Waals surface area contributed by atoms with Crippen LogP contribution in [0.2, 0.25) is 0 Å². The van der Waals surface area contributed by atoms with Crippen LogP contribution in [0.3, 0.4) is 0 Å². The smallest absolute Gasteiger partial charge is 0.278 e. The van der Waals surface area contributed by atoms with Crippen LogP contribution >= 0.6 is 11.8 Å². The number of fused-ring (bicyclic) bond motifs is 5. The zero-order valence-corrected chi connectivity index (χ0v) is 20.8. The van der Waals surface area contributed by atoms with Crippen molar-refractivity contribution in [1.29, 1.82) is 0 Å². The van der Waals surface area contributed by atoms with Gasteiger partial charge in [-0.3, -0.25) is 24.1 Å². The number of rotatable bonds is 1. The number of aromatic hydroxyl groups is 1. The van der Waals surface area contributed by atoms with E-state index in [1.807, 2.05) is 29.3 Å². The SMILES string of the molecule is O=C1CC[C@H]2CN3C(=O)c4c(O)c(=O)ccn4N([C@H]4c5ccccc5SCc5c4ccc(F)c5F)[C@@H]3CN12. The quantitative estimate of drug-likeness (QED) is 0.515. The Hall–Kier alpha value is -3.86. The number of carbonyl (C=O) groups excluding carboxylic acids is 2. The number of pyridine rings is 1. The molecule has 1 aromatic heterocycles. The van der Waals surface area contributed by atoms with Crippen molar-refractivity contribution in [3.8, 4) is 5.75 Å². The second-order valence-electron chi connectivity index (χ2n) is 9.94. The van der Waals surface area contributed by atoms with Gasteiger partial charge in [-0.05, 0) is 29.7 Å². The summed E-state index contributed by atoms with van der Waals surface area (Å²) in [5.74, 6) is -2.87. The number of benzene rings is 2. The fourth-order valence-corrected chi connectivity index (χ4v) is 7.35. The molecule has 194 valence electrons. The summed E-state index contributed by atoms with van der Waals surface area (Å²) in [6.07, 6.45) is 1.73. The first-order valence-electron chi connectivity index (χ1n) is 12.4. The van der Waals surface area contributed by atoms with E-state index in [0.717, 1.165) is 16.5 Å². The molecular formula is C27H22F2N4O4S. The van der Waals surface area contributed by atoms with E-state index < -0.39 is 40.9 Å². The van der Waals surface area contributed by atoms with Crippen LogP contribution in [0, 0.1) is 11.6 Å². The summed E-state index contributed by atoms with van der Waals surface area (Å²) < 4.78 is 31.1. The number of carbonyl (C=O) groups is 2. The van der Waals surface area contributed by atoms with E-state index in [2.05, 4.69) is 0 Å². The highest BCUT2D eigenvalue weighted by atomic mass is 32.2. The predicted octanol–water partition coefficient (Wildman–Crippen LogP) is 2.95. The Morgan fingerprint density at radius 3 is 2.61 bits per heavy atom. The molecule has 2 fully saturated rings. The number of hydrogen-bond donors (Lipinski definition) is 1. The van der Waals surface area contributed by atoms with Gasteiger partial charge in [0, 0.05) is 41.4 Å². The molecule has 1 N–H and O–H groups in total. The van der Waals surface area contributed by atoms with Crippen LogP contribution in [-0.2, 0) is 10.5 Å². The Morgan fingerprint density at radius 1 is 0.947 bits per heavy atom. The minimum atomic E-state index is -0.950. The van der Waals surface area contributed by atoms with Gasteiger partial charge in [0.15, 0.2) is 23.1 Å². The molecule has 2 saturated heterocycles. The van der Waals surface area contributed by atoms with Gasteiger partial charge in [0.2, 0.25) is 11.3 Å². The Kier molecular flexibility index (Phi) is 5.10. The largest absolute Gasteiger partial charge is 0.502 e. The van der Waals surface area contributed by atoms with Gasteiger partial charge in [0.1, 0.15) is 6.17 Å². The Morgan fingerprint density at radius 2 is 1.76 bits per heavy atom. The van der Waals surface area contributed by atoms with Gasteiger partial charge in [0.05, 0.1) is 18.6 Å². The molecule has 4 aliphatic rings. The standard InChI is InChI=1S/C27H22F2N4O4S/c28-18-7-6-15-17(23(18)29)13-38-20-4-2-1-3-16(20)24(15)33-21-12-30-14(5-8-22(30)35)11-31(21)27(37)25-26(36)19(34)9-10-32(25)33/h1-4,6-7,9-10,14,21,24,36H,5,8,11-13H2/t14-,21+,24+/m0/s1. The van der Waals surface area contributed by atoms with E-state index in [1.54, 1.807) is 15.9 Å². The average Bonchev–Trinajstić information content (AvgIpc) is 3.19. The van der Waals surface area contributed by atoms with Gasteiger partial charge in [-0.1, -0.05) is 24.3 Å². The van der Waals surface area contributed by atoms with Crippen LogP contribution < -0.4 is 10.4 Å². The molecule has 0 unspecified atom stereocenters. The number of thioether (sulfide) groups is 1. The molecule has 5 heterocycles. The van der Waals surface area contributed by atoms with Gasteiger partial charge in [0.25, 0.3) is 5.91 Å². The average molecular weight is 537 g/mol. The van der Waals surface area contributed by atoms with Gasteiger partial charge >= 0.3 is 0 Å². The third-order valence-corrected chi connectivity index (χ3v) is 9.14. The molecule has 0 spiro atoms. The number of aromatic nitrogens is 1. The van der Waals surface area contributed by atoms with Crippen LogP contribution in [-0.4, -0.2) is 56.7 Å². The molecule has 3 atom stereocenters. The fourth-order valence-electron chi connectivity index (χ4n) is 6.24. The van der Waals surface area contributed by atoms with E-state index in [9.17, 15) is 23.9 Å². The lowest BCUT2D eigenvalue weighted by Gasteiger charge is -2.54. The summed E-state index contributed by atoms with van der Waals surface area (Å²) in [5.41, 5.74) is 0.635. The van der Waals surface area contributed by atoms with E-state index in [4.69, 9.17) is 0 Å². The van der Waals surface area contributed by atoms with Crippen molar-refractivity contribution in [1.82, 2.24) is 14.5 Å². The second-order valence-corrected chi connectivity index (χ2v) is 11.0. The zero-order valence-electron chi connectivity index (χ0n) is 20.0. The number of halogens is 2. The van der Waals surface area contributed by atoms with Crippen LogP contribution in [0.4, 0.5) is 8.78 Å². The van der Waals surface area contributed by atoms with E-state index in [0.29, 0.717) is 18.4 Å². The monoisotopic (exact) mass is 536 g/mol. The number of hydrogen-bond acceptors (Lipinski definition) is 6. The third kappa shape index (κ3) is 3.17. The molecule has 4 aliphatic heterocycles. The second kappa shape index (κ2) is 8.32. The summed E-state index contributed by atoms with van der Waals surface area (Å²) in [5, 5.41) is 12.6. The first-order valence-corrected chi connectivity index (χ1v) is 13.4. The minimum absolute atomic E-state index is 0.000868. The highest BCUT2D eigenvalue weighted by molar-refractivity contribution is 7.98. The molecule has 2 aromatic carbocycles. The summed E-state index contributed by atoms with van der Waals surface area (Å²) in [4.78, 5) is 43.2. The van der Waals surface area contributed by atoms with Crippen molar-refractivity contribution in [2.24, 2.45) is 0 Å². The molecule has 0 saturated carbocycles. The third-order valence-electron chi connectivity index (χ3n) is 8.03. The van der Waals surface area contributed by atoms with Crippen LogP contribution in [0.5, 0.6) is 5.75 Å². The van der Waals surface area contributed by atoms with E-state index in [1.165, 1.54) is 28.7 Å². The van der Waals surface area contributed by atoms with Crippen LogP contribution in [0.25, 0.3) is 0 Å². The van der Waals surface area contributed by atoms with Gasteiger partial charge in [-0.2, -0.15) is 0 Å². The van der Waals surface area contributed by atoms with Crippen molar-refractivity contribution in [3.05, 3.63) is 92.9 Å². The Bertz CT molecular complexity index is 1590. The highest BCUT2D eigenvalue weighted by Crippen LogP contribution is 2.45. The highest BCUT2D eigenvalue weighted by Gasteiger charge is 2.51.